The molecule has 0 spiro atoms. The van der Waals surface area contributed by atoms with Crippen molar-refractivity contribution in [1.29, 1.82) is 10.7 Å². The molecule has 0 unspecified atom stereocenters. The van der Waals surface area contributed by atoms with E-state index in [-0.39, 0.29) is 11.5 Å². The summed E-state index contributed by atoms with van der Waals surface area (Å²) in [4.78, 5) is 3.71. The van der Waals surface area contributed by atoms with Crippen molar-refractivity contribution < 1.29 is 9.52 Å². The highest BCUT2D eigenvalue weighted by Crippen LogP contribution is 2.25. The van der Waals surface area contributed by atoms with E-state index in [2.05, 4.69) is 23.2 Å². The van der Waals surface area contributed by atoms with Crippen LogP contribution in [0, 0.1) is 23.7 Å². The minimum Gasteiger partial charge on any atom is -0.508 e. The number of benzene rings is 2. The zero-order valence-corrected chi connectivity index (χ0v) is 15.0. The molecular weight excluding hydrogens is 340 g/mol. The van der Waals surface area contributed by atoms with Crippen molar-refractivity contribution in [2.75, 3.05) is 5.73 Å². The highest BCUT2D eigenvalue weighted by Gasteiger charge is 2.13. The lowest BCUT2D eigenvalue weighted by molar-refractivity contribution is 0.475. The second-order valence-electron chi connectivity index (χ2n) is 6.41. The normalized spacial score (nSPS) is 11.9. The number of nitrogens with one attached hydrogen (secondary N) is 1. The summed E-state index contributed by atoms with van der Waals surface area (Å²) >= 11 is 0. The van der Waals surface area contributed by atoms with Crippen LogP contribution in [0.3, 0.4) is 0 Å². The third-order valence-corrected chi connectivity index (χ3v) is 4.54. The first-order valence-corrected chi connectivity index (χ1v) is 8.58. The Bertz CT molecular complexity index is 1020. The number of nitrogens with two attached hydrogens (primary N) is 1. The van der Waals surface area contributed by atoms with Crippen molar-refractivity contribution >= 4 is 11.4 Å². The summed E-state index contributed by atoms with van der Waals surface area (Å²) in [5.41, 5.74) is 11.4. The van der Waals surface area contributed by atoms with E-state index in [1.165, 1.54) is 54.8 Å². The van der Waals surface area contributed by atoms with Crippen LogP contribution in [0.2, 0.25) is 0 Å². The number of oxazole rings is 1. The number of aromatic hydroxyl groups is 1. The van der Waals surface area contributed by atoms with Gasteiger partial charge in [0.05, 0.1) is 17.8 Å². The third kappa shape index (κ3) is 3.98. The molecule has 4 N–H and O–H groups in total. The molecule has 3 aromatic rings. The number of hydrogen-bond donors (Lipinski definition) is 3. The largest absolute Gasteiger partial charge is 0.508 e. The first-order chi connectivity index (χ1) is 13.0. The number of phenols is 1. The number of nitriles is 1. The maximum absolute atomic E-state index is 9.29. The van der Waals surface area contributed by atoms with Crippen LogP contribution in [-0.2, 0) is 12.8 Å². The Balaban J connectivity index is 0.000000159. The van der Waals surface area contributed by atoms with Crippen molar-refractivity contribution in [3.05, 3.63) is 76.5 Å². The number of rotatable bonds is 2. The Hall–Kier alpha value is -3.59. The highest BCUT2D eigenvalue weighted by molar-refractivity contribution is 6.12. The van der Waals surface area contributed by atoms with Crippen molar-refractivity contribution in [1.82, 2.24) is 4.98 Å². The molecule has 4 rings (SSSR count). The summed E-state index contributed by atoms with van der Waals surface area (Å²) in [6.07, 6.45) is 6.27. The molecule has 136 valence electrons. The van der Waals surface area contributed by atoms with Gasteiger partial charge in [-0.25, -0.2) is 4.98 Å². The maximum atomic E-state index is 9.29. The number of phenolic OH excluding ortho intramolecular Hbond substituents is 1. The number of aryl methyl sites for hydroxylation is 3. The van der Waals surface area contributed by atoms with Crippen LogP contribution >= 0.6 is 0 Å². The molecule has 6 nitrogen and oxygen atoms in total. The Labute approximate surface area is 157 Å². The second kappa shape index (κ2) is 7.75. The SMILES string of the molecule is Cc1cc2c(cc1C#N)CCC2.N=C(c1cnco1)c1cc(O)ccc1N. The molecule has 2 aromatic carbocycles. The maximum Gasteiger partial charge on any atom is 0.181 e. The molecule has 6 heteroatoms. The van der Waals surface area contributed by atoms with Gasteiger partial charge in [0.1, 0.15) is 11.5 Å². The lowest BCUT2D eigenvalue weighted by Gasteiger charge is -2.05. The fourth-order valence-corrected chi connectivity index (χ4v) is 3.10. The molecule has 0 radical (unpaired) electrons. The first-order valence-electron chi connectivity index (χ1n) is 8.58. The number of nitrogen functional groups attached to an aromatic ring is 1. The summed E-state index contributed by atoms with van der Waals surface area (Å²) in [6, 6.07) is 10.9. The molecule has 27 heavy (non-hydrogen) atoms. The monoisotopic (exact) mass is 360 g/mol. The molecule has 1 aliphatic carbocycles. The van der Waals surface area contributed by atoms with Gasteiger partial charge in [-0.3, -0.25) is 5.41 Å². The Morgan fingerprint density at radius 1 is 1.26 bits per heavy atom. The van der Waals surface area contributed by atoms with Gasteiger partial charge in [-0.2, -0.15) is 5.26 Å². The third-order valence-electron chi connectivity index (χ3n) is 4.54. The topological polar surface area (TPSA) is 120 Å². The Morgan fingerprint density at radius 3 is 2.67 bits per heavy atom. The zero-order chi connectivity index (χ0) is 19.4. The van der Waals surface area contributed by atoms with E-state index in [9.17, 15) is 5.11 Å². The van der Waals surface area contributed by atoms with E-state index in [4.69, 9.17) is 20.8 Å². The first kappa shape index (κ1) is 18.2. The number of aromatic nitrogens is 1. The zero-order valence-electron chi connectivity index (χ0n) is 15.0. The Kier molecular flexibility index (Phi) is 5.23. The van der Waals surface area contributed by atoms with Crippen molar-refractivity contribution in [3.8, 4) is 11.8 Å². The van der Waals surface area contributed by atoms with Gasteiger partial charge in [0, 0.05) is 11.3 Å². The van der Waals surface area contributed by atoms with Crippen molar-refractivity contribution in [3.63, 3.8) is 0 Å². The van der Waals surface area contributed by atoms with Crippen LogP contribution in [0.5, 0.6) is 5.75 Å². The average Bonchev–Trinajstić information content (AvgIpc) is 3.34. The van der Waals surface area contributed by atoms with E-state index >= 15 is 0 Å². The van der Waals surface area contributed by atoms with Gasteiger partial charge in [0.15, 0.2) is 12.2 Å². The van der Waals surface area contributed by atoms with Crippen molar-refractivity contribution in [2.24, 2.45) is 0 Å². The smallest absolute Gasteiger partial charge is 0.181 e. The van der Waals surface area contributed by atoms with Gasteiger partial charge in [0.25, 0.3) is 0 Å². The molecule has 1 heterocycles. The molecule has 0 saturated heterocycles. The predicted octanol–water partition coefficient (Wildman–Crippen LogP) is 3.73. The lowest BCUT2D eigenvalue weighted by atomic mass is 10.0. The highest BCUT2D eigenvalue weighted by atomic mass is 16.3. The molecule has 1 aromatic heterocycles. The molecule has 0 fully saturated rings. The summed E-state index contributed by atoms with van der Waals surface area (Å²) in [6.45, 7) is 2.01. The summed E-state index contributed by atoms with van der Waals surface area (Å²) < 4.78 is 4.97. The summed E-state index contributed by atoms with van der Waals surface area (Å²) in [5.74, 6) is 0.371. The predicted molar refractivity (Wildman–Crippen MR) is 103 cm³/mol. The van der Waals surface area contributed by atoms with Crippen molar-refractivity contribution in [2.45, 2.75) is 26.2 Å². The minimum atomic E-state index is 0.0588. The van der Waals surface area contributed by atoms with Crippen LogP contribution in [0.15, 0.2) is 47.3 Å². The fraction of sp³-hybridized carbons (Fsp3) is 0.190. The van der Waals surface area contributed by atoms with E-state index in [0.29, 0.717) is 17.0 Å². The lowest BCUT2D eigenvalue weighted by Crippen LogP contribution is -2.04. The molecular formula is C21H20N4O2. The quantitative estimate of drug-likeness (QED) is 0.365. The van der Waals surface area contributed by atoms with Gasteiger partial charge in [-0.15, -0.1) is 0 Å². The molecule has 0 bridgehead atoms. The number of nitrogens with zero attached hydrogens (tertiary/aromatic N) is 2. The molecule has 0 aliphatic heterocycles. The van der Waals surface area contributed by atoms with Crippen LogP contribution < -0.4 is 5.73 Å². The van der Waals surface area contributed by atoms with Crippen LogP contribution in [0.1, 0.15) is 40.0 Å². The van der Waals surface area contributed by atoms with Gasteiger partial charge in [-0.05, 0) is 67.1 Å². The fourth-order valence-electron chi connectivity index (χ4n) is 3.10. The number of anilines is 1. The van der Waals surface area contributed by atoms with Gasteiger partial charge in [0.2, 0.25) is 0 Å². The van der Waals surface area contributed by atoms with E-state index in [0.717, 1.165) is 17.5 Å². The van der Waals surface area contributed by atoms with Gasteiger partial charge < -0.3 is 15.3 Å². The van der Waals surface area contributed by atoms with Gasteiger partial charge in [-0.1, -0.05) is 6.07 Å². The van der Waals surface area contributed by atoms with E-state index in [1.54, 1.807) is 0 Å². The van der Waals surface area contributed by atoms with Crippen LogP contribution in [0.25, 0.3) is 0 Å². The minimum absolute atomic E-state index is 0.0588. The van der Waals surface area contributed by atoms with E-state index in [1.807, 2.05) is 6.92 Å². The second-order valence-corrected chi connectivity index (χ2v) is 6.41. The molecule has 1 aliphatic rings. The van der Waals surface area contributed by atoms with E-state index < -0.39 is 0 Å². The van der Waals surface area contributed by atoms with Crippen LogP contribution in [-0.4, -0.2) is 15.8 Å². The van der Waals surface area contributed by atoms with Gasteiger partial charge >= 0.3 is 0 Å². The molecule has 0 saturated carbocycles. The number of hydrogen-bond acceptors (Lipinski definition) is 6. The van der Waals surface area contributed by atoms with Crippen LogP contribution in [0.4, 0.5) is 5.69 Å². The summed E-state index contributed by atoms with van der Waals surface area (Å²) in [5, 5.41) is 25.9. The molecule has 0 amide bonds. The molecule has 0 atom stereocenters. The summed E-state index contributed by atoms with van der Waals surface area (Å²) in [7, 11) is 0. The average molecular weight is 360 g/mol. The standard InChI is InChI=1S/C11H11N.C10H9N3O2/c1-8-5-9-3-2-4-10(9)6-11(8)7-12;11-8-2-1-6(14)3-7(8)10(12)9-4-13-5-15-9/h5-6H,2-4H2,1H3;1-5,12,14H,11H2. The Morgan fingerprint density at radius 2 is 2.00 bits per heavy atom. The number of fused-ring (bicyclic) bond motifs is 1.